The Bertz CT molecular complexity index is 555. The third kappa shape index (κ3) is 4.76. The van der Waals surface area contributed by atoms with Crippen molar-refractivity contribution in [3.05, 3.63) is 48.2 Å². The smallest absolute Gasteiger partial charge is 0.219 e. The zero-order chi connectivity index (χ0) is 15.1. The predicted octanol–water partition coefficient (Wildman–Crippen LogP) is 3.55. The molecule has 0 aliphatic heterocycles. The second kappa shape index (κ2) is 7.64. The topological polar surface area (TPSA) is 57.4 Å². The molecule has 21 heavy (non-hydrogen) atoms. The van der Waals surface area contributed by atoms with Crippen molar-refractivity contribution in [2.45, 2.75) is 32.7 Å². The first-order valence-corrected chi connectivity index (χ1v) is 7.32. The lowest BCUT2D eigenvalue weighted by molar-refractivity contribution is 0.338. The molecule has 2 rings (SSSR count). The highest BCUT2D eigenvalue weighted by atomic mass is 16.5. The van der Waals surface area contributed by atoms with Crippen LogP contribution >= 0.6 is 0 Å². The van der Waals surface area contributed by atoms with E-state index in [1.165, 1.54) is 0 Å². The van der Waals surface area contributed by atoms with Crippen molar-refractivity contribution < 1.29 is 9.47 Å². The highest BCUT2D eigenvalue weighted by Crippen LogP contribution is 2.24. The molecule has 2 aromatic rings. The van der Waals surface area contributed by atoms with E-state index in [0.29, 0.717) is 18.2 Å². The summed E-state index contributed by atoms with van der Waals surface area (Å²) in [6.45, 7) is 4.67. The third-order valence-corrected chi connectivity index (χ3v) is 3.16. The van der Waals surface area contributed by atoms with Crippen LogP contribution in [0.25, 0.3) is 0 Å². The third-order valence-electron chi connectivity index (χ3n) is 3.16. The molecule has 1 atom stereocenters. The molecule has 0 saturated carbocycles. The molecule has 0 fully saturated rings. The number of benzene rings is 1. The summed E-state index contributed by atoms with van der Waals surface area (Å²) in [5, 5.41) is 0. The monoisotopic (exact) mass is 286 g/mol. The fourth-order valence-corrected chi connectivity index (χ4v) is 1.95. The number of nitrogens with two attached hydrogens (primary N) is 1. The van der Waals surface area contributed by atoms with Crippen LogP contribution < -0.4 is 15.2 Å². The van der Waals surface area contributed by atoms with Gasteiger partial charge in [-0.3, -0.25) is 0 Å². The van der Waals surface area contributed by atoms with Gasteiger partial charge in [0.1, 0.15) is 11.5 Å². The molecule has 0 aliphatic carbocycles. The number of aromatic nitrogens is 1. The van der Waals surface area contributed by atoms with E-state index in [2.05, 4.69) is 11.9 Å². The molecule has 1 heterocycles. The van der Waals surface area contributed by atoms with Gasteiger partial charge in [-0.05, 0) is 37.5 Å². The number of ether oxygens (including phenoxy) is 2. The van der Waals surface area contributed by atoms with Crippen LogP contribution in [0.15, 0.2) is 42.6 Å². The summed E-state index contributed by atoms with van der Waals surface area (Å²) in [7, 11) is 0. The Balaban J connectivity index is 2.01. The Labute approximate surface area is 125 Å². The van der Waals surface area contributed by atoms with Gasteiger partial charge in [-0.15, -0.1) is 0 Å². The fraction of sp³-hybridized carbons (Fsp3) is 0.353. The zero-order valence-electron chi connectivity index (χ0n) is 12.6. The SMILES string of the molecule is CCOc1cccc(Oc2ccc(CC(N)CC)cn2)c1. The fourth-order valence-electron chi connectivity index (χ4n) is 1.95. The van der Waals surface area contributed by atoms with Crippen molar-refractivity contribution in [1.29, 1.82) is 0 Å². The summed E-state index contributed by atoms with van der Waals surface area (Å²) >= 11 is 0. The maximum Gasteiger partial charge on any atom is 0.219 e. The number of nitrogens with zero attached hydrogens (tertiary/aromatic N) is 1. The first-order valence-electron chi connectivity index (χ1n) is 7.32. The maximum absolute atomic E-state index is 5.94. The lowest BCUT2D eigenvalue weighted by Gasteiger charge is -2.10. The first-order chi connectivity index (χ1) is 10.2. The normalized spacial score (nSPS) is 12.0. The molecule has 112 valence electrons. The average Bonchev–Trinajstić information content (AvgIpc) is 2.50. The second-order valence-electron chi connectivity index (χ2n) is 4.89. The van der Waals surface area contributed by atoms with Crippen molar-refractivity contribution in [3.63, 3.8) is 0 Å². The van der Waals surface area contributed by atoms with Gasteiger partial charge in [0.2, 0.25) is 5.88 Å². The second-order valence-corrected chi connectivity index (χ2v) is 4.89. The number of hydrogen-bond donors (Lipinski definition) is 1. The lowest BCUT2D eigenvalue weighted by atomic mass is 10.1. The highest BCUT2D eigenvalue weighted by Gasteiger charge is 2.04. The summed E-state index contributed by atoms with van der Waals surface area (Å²) in [4.78, 5) is 4.32. The van der Waals surface area contributed by atoms with Gasteiger partial charge in [-0.25, -0.2) is 4.98 Å². The molecule has 0 saturated heterocycles. The zero-order valence-corrected chi connectivity index (χ0v) is 12.6. The molecule has 4 heteroatoms. The Morgan fingerprint density at radius 1 is 1.14 bits per heavy atom. The van der Waals surface area contributed by atoms with E-state index < -0.39 is 0 Å². The minimum atomic E-state index is 0.182. The Morgan fingerprint density at radius 2 is 1.95 bits per heavy atom. The van der Waals surface area contributed by atoms with E-state index in [1.54, 1.807) is 0 Å². The molecule has 4 nitrogen and oxygen atoms in total. The van der Waals surface area contributed by atoms with Gasteiger partial charge >= 0.3 is 0 Å². The molecular formula is C17H22N2O2. The summed E-state index contributed by atoms with van der Waals surface area (Å²) in [6, 6.07) is 11.6. The molecule has 0 bridgehead atoms. The number of pyridine rings is 1. The molecule has 2 N–H and O–H groups in total. The summed E-state index contributed by atoms with van der Waals surface area (Å²) in [5.74, 6) is 2.07. The van der Waals surface area contributed by atoms with E-state index in [-0.39, 0.29) is 6.04 Å². The van der Waals surface area contributed by atoms with Crippen LogP contribution in [0.2, 0.25) is 0 Å². The van der Waals surface area contributed by atoms with Crippen LogP contribution in [0.5, 0.6) is 17.4 Å². The Hall–Kier alpha value is -2.07. The van der Waals surface area contributed by atoms with E-state index in [0.717, 1.165) is 24.2 Å². The average molecular weight is 286 g/mol. The predicted molar refractivity (Wildman–Crippen MR) is 83.9 cm³/mol. The van der Waals surface area contributed by atoms with Crippen molar-refractivity contribution in [3.8, 4) is 17.4 Å². The molecule has 1 aromatic carbocycles. The number of hydrogen-bond acceptors (Lipinski definition) is 4. The van der Waals surface area contributed by atoms with Crippen LogP contribution in [0, 0.1) is 0 Å². The Morgan fingerprint density at radius 3 is 2.62 bits per heavy atom. The first kappa shape index (κ1) is 15.3. The van der Waals surface area contributed by atoms with Crippen LogP contribution in [-0.2, 0) is 6.42 Å². The minimum absolute atomic E-state index is 0.182. The molecule has 0 radical (unpaired) electrons. The highest BCUT2D eigenvalue weighted by molar-refractivity contribution is 5.35. The quantitative estimate of drug-likeness (QED) is 0.845. The van der Waals surface area contributed by atoms with Gasteiger partial charge in [-0.2, -0.15) is 0 Å². The largest absolute Gasteiger partial charge is 0.494 e. The van der Waals surface area contributed by atoms with Gasteiger partial charge in [-0.1, -0.05) is 19.1 Å². The summed E-state index contributed by atoms with van der Waals surface area (Å²) in [5.41, 5.74) is 7.06. The van der Waals surface area contributed by atoms with Gasteiger partial charge in [0.15, 0.2) is 0 Å². The van der Waals surface area contributed by atoms with Gasteiger partial charge in [0, 0.05) is 24.4 Å². The van der Waals surface area contributed by atoms with E-state index in [4.69, 9.17) is 15.2 Å². The van der Waals surface area contributed by atoms with Crippen LogP contribution in [-0.4, -0.2) is 17.6 Å². The molecule has 0 spiro atoms. The maximum atomic E-state index is 5.94. The van der Waals surface area contributed by atoms with Crippen molar-refractivity contribution >= 4 is 0 Å². The molecule has 1 aromatic heterocycles. The molecule has 0 amide bonds. The van der Waals surface area contributed by atoms with Crippen LogP contribution in [0.1, 0.15) is 25.8 Å². The lowest BCUT2D eigenvalue weighted by Crippen LogP contribution is -2.21. The summed E-state index contributed by atoms with van der Waals surface area (Å²) < 4.78 is 11.2. The molecule has 1 unspecified atom stereocenters. The van der Waals surface area contributed by atoms with Crippen molar-refractivity contribution in [1.82, 2.24) is 4.98 Å². The van der Waals surface area contributed by atoms with E-state index in [1.807, 2.05) is 49.5 Å². The standard InChI is InChI=1S/C17H22N2O2/c1-3-14(18)10-13-8-9-17(19-12-13)21-16-7-5-6-15(11-16)20-4-2/h5-9,11-12,14H,3-4,10,18H2,1-2H3. The van der Waals surface area contributed by atoms with Crippen LogP contribution in [0.4, 0.5) is 0 Å². The number of rotatable bonds is 7. The van der Waals surface area contributed by atoms with Gasteiger partial charge < -0.3 is 15.2 Å². The van der Waals surface area contributed by atoms with Gasteiger partial charge in [0.25, 0.3) is 0 Å². The van der Waals surface area contributed by atoms with Crippen molar-refractivity contribution in [2.75, 3.05) is 6.61 Å². The van der Waals surface area contributed by atoms with E-state index in [9.17, 15) is 0 Å². The van der Waals surface area contributed by atoms with Crippen LogP contribution in [0.3, 0.4) is 0 Å². The minimum Gasteiger partial charge on any atom is -0.494 e. The van der Waals surface area contributed by atoms with Gasteiger partial charge in [0.05, 0.1) is 6.61 Å². The molecule has 0 aliphatic rings. The molecular weight excluding hydrogens is 264 g/mol. The summed E-state index contributed by atoms with van der Waals surface area (Å²) in [6.07, 6.45) is 3.61. The van der Waals surface area contributed by atoms with Crippen molar-refractivity contribution in [2.24, 2.45) is 5.73 Å². The van der Waals surface area contributed by atoms with E-state index >= 15 is 0 Å². The Kier molecular flexibility index (Phi) is 5.58.